The van der Waals surface area contributed by atoms with Gasteiger partial charge in [0.2, 0.25) is 0 Å². The molecule has 1 atom stereocenters. The van der Waals surface area contributed by atoms with Gasteiger partial charge in [-0.15, -0.1) is 0 Å². The van der Waals surface area contributed by atoms with Crippen LogP contribution in [0.2, 0.25) is 0 Å². The van der Waals surface area contributed by atoms with Crippen LogP contribution in [0.25, 0.3) is 0 Å². The summed E-state index contributed by atoms with van der Waals surface area (Å²) >= 11 is 0. The van der Waals surface area contributed by atoms with Gasteiger partial charge in [0.05, 0.1) is 5.56 Å². The lowest BCUT2D eigenvalue weighted by molar-refractivity contribution is 0.0938. The monoisotopic (exact) mass is 435 g/mol. The van der Waals surface area contributed by atoms with E-state index >= 15 is 0 Å². The maximum absolute atomic E-state index is 13.1. The molecule has 0 radical (unpaired) electrons. The fraction of sp³-hybridized carbons (Fsp3) is 0.481. The van der Waals surface area contributed by atoms with Crippen LogP contribution in [0.1, 0.15) is 86.6 Å². The quantitative estimate of drug-likeness (QED) is 0.607. The summed E-state index contributed by atoms with van der Waals surface area (Å²) < 4.78 is 0. The van der Waals surface area contributed by atoms with E-state index in [1.165, 1.54) is 12.0 Å². The number of nitrogens with one attached hydrogen (secondary N) is 2. The minimum atomic E-state index is -0.176. The molecule has 3 rings (SSSR count). The van der Waals surface area contributed by atoms with Crippen LogP contribution in [0.5, 0.6) is 0 Å². The first-order chi connectivity index (χ1) is 15.2. The lowest BCUT2D eigenvalue weighted by Gasteiger charge is -2.31. The van der Waals surface area contributed by atoms with Crippen molar-refractivity contribution in [3.8, 4) is 0 Å². The van der Waals surface area contributed by atoms with Gasteiger partial charge in [0.15, 0.2) is 0 Å². The van der Waals surface area contributed by atoms with Crippen LogP contribution in [-0.2, 0) is 5.41 Å². The van der Waals surface area contributed by atoms with E-state index in [1.807, 2.05) is 49.4 Å². The number of piperidine rings is 1. The fourth-order valence-corrected chi connectivity index (χ4v) is 3.93. The fourth-order valence-electron chi connectivity index (χ4n) is 3.93. The van der Waals surface area contributed by atoms with Crippen LogP contribution in [-0.4, -0.2) is 30.9 Å². The summed E-state index contributed by atoms with van der Waals surface area (Å²) in [5.74, 6) is -0.269. The molecule has 1 aliphatic rings. The molecule has 0 bridgehead atoms. The third-order valence-corrected chi connectivity index (χ3v) is 6.20. The van der Waals surface area contributed by atoms with Gasteiger partial charge < -0.3 is 15.5 Å². The van der Waals surface area contributed by atoms with Gasteiger partial charge in [-0.1, -0.05) is 39.8 Å². The first kappa shape index (κ1) is 23.8. The number of carbonyl (C=O) groups is 2. The van der Waals surface area contributed by atoms with Crippen LogP contribution < -0.4 is 15.5 Å². The maximum Gasteiger partial charge on any atom is 0.255 e. The molecular weight excluding hydrogens is 398 g/mol. The predicted octanol–water partition coefficient (Wildman–Crippen LogP) is 5.76. The summed E-state index contributed by atoms with van der Waals surface area (Å²) in [7, 11) is 0. The van der Waals surface area contributed by atoms with E-state index < -0.39 is 0 Å². The van der Waals surface area contributed by atoms with Crippen molar-refractivity contribution in [2.24, 2.45) is 0 Å². The number of carbonyl (C=O) groups excluding carboxylic acids is 2. The zero-order valence-electron chi connectivity index (χ0n) is 20.1. The Hall–Kier alpha value is -2.82. The summed E-state index contributed by atoms with van der Waals surface area (Å²) in [5.41, 5.74) is 4.01. The second kappa shape index (κ2) is 10.2. The molecular formula is C27H37N3O2. The molecule has 1 saturated heterocycles. The number of rotatable bonds is 6. The normalized spacial score (nSPS) is 15.2. The Labute approximate surface area is 192 Å². The molecule has 5 heteroatoms. The molecule has 0 saturated carbocycles. The number of nitrogens with zero attached hydrogens (tertiary/aromatic N) is 1. The Morgan fingerprint density at radius 2 is 1.62 bits per heavy atom. The first-order valence-electron chi connectivity index (χ1n) is 11.8. The van der Waals surface area contributed by atoms with Gasteiger partial charge in [-0.2, -0.15) is 0 Å². The average Bonchev–Trinajstić information content (AvgIpc) is 2.79. The van der Waals surface area contributed by atoms with Crippen LogP contribution in [0.15, 0.2) is 42.5 Å². The van der Waals surface area contributed by atoms with Crippen molar-refractivity contribution >= 4 is 23.2 Å². The summed E-state index contributed by atoms with van der Waals surface area (Å²) in [4.78, 5) is 28.2. The average molecular weight is 436 g/mol. The lowest BCUT2D eigenvalue weighted by Crippen LogP contribution is -2.35. The van der Waals surface area contributed by atoms with Crippen molar-refractivity contribution in [1.82, 2.24) is 5.32 Å². The Bertz CT molecular complexity index is 938. The molecule has 2 aromatic carbocycles. The molecule has 1 fully saturated rings. The largest absolute Gasteiger partial charge is 0.371 e. The van der Waals surface area contributed by atoms with E-state index in [0.29, 0.717) is 16.8 Å². The molecule has 1 heterocycles. The van der Waals surface area contributed by atoms with Crippen LogP contribution >= 0.6 is 0 Å². The third-order valence-electron chi connectivity index (χ3n) is 6.20. The van der Waals surface area contributed by atoms with Crippen molar-refractivity contribution in [3.05, 3.63) is 59.2 Å². The Kier molecular flexibility index (Phi) is 7.60. The van der Waals surface area contributed by atoms with Crippen molar-refractivity contribution in [2.75, 3.05) is 23.3 Å². The molecule has 0 unspecified atom stereocenters. The molecule has 0 spiro atoms. The Balaban J connectivity index is 1.84. The van der Waals surface area contributed by atoms with Crippen molar-refractivity contribution in [1.29, 1.82) is 0 Å². The minimum Gasteiger partial charge on any atom is -0.371 e. The smallest absolute Gasteiger partial charge is 0.255 e. The van der Waals surface area contributed by atoms with E-state index in [2.05, 4.69) is 43.2 Å². The van der Waals surface area contributed by atoms with E-state index in [0.717, 1.165) is 38.0 Å². The Morgan fingerprint density at radius 1 is 0.969 bits per heavy atom. The van der Waals surface area contributed by atoms with Gasteiger partial charge in [-0.3, -0.25) is 9.59 Å². The molecule has 1 aliphatic heterocycles. The summed E-state index contributed by atoms with van der Waals surface area (Å²) in [5, 5.41) is 6.05. The number of amides is 2. The minimum absolute atomic E-state index is 0.0389. The number of benzene rings is 2. The standard InChI is InChI=1S/C27H37N3O2/c1-6-19(2)28-26(32)23-18-22(14-15-24(23)30-16-8-7-9-17-30)29-25(31)20-10-12-21(13-11-20)27(3,4)5/h10-15,18-19H,6-9,16-17H2,1-5H3,(H,28,32)(H,29,31)/t19-/m0/s1. The van der Waals surface area contributed by atoms with Crippen molar-refractivity contribution in [2.45, 2.75) is 71.8 Å². The number of hydrogen-bond donors (Lipinski definition) is 2. The lowest BCUT2D eigenvalue weighted by atomic mass is 9.87. The van der Waals surface area contributed by atoms with Gasteiger partial charge >= 0.3 is 0 Å². The second-order valence-corrected chi connectivity index (χ2v) is 9.84. The number of hydrogen-bond acceptors (Lipinski definition) is 3. The van der Waals surface area contributed by atoms with Gasteiger partial charge in [0, 0.05) is 36.1 Å². The van der Waals surface area contributed by atoms with E-state index in [1.54, 1.807) is 0 Å². The van der Waals surface area contributed by atoms with Gasteiger partial charge in [-0.25, -0.2) is 0 Å². The Morgan fingerprint density at radius 3 is 2.22 bits per heavy atom. The summed E-state index contributed by atoms with van der Waals surface area (Å²) in [6.07, 6.45) is 4.36. The second-order valence-electron chi connectivity index (χ2n) is 9.84. The van der Waals surface area contributed by atoms with Gasteiger partial charge in [-0.05, 0) is 73.9 Å². The molecule has 32 heavy (non-hydrogen) atoms. The molecule has 5 nitrogen and oxygen atoms in total. The predicted molar refractivity (Wildman–Crippen MR) is 133 cm³/mol. The van der Waals surface area contributed by atoms with Crippen molar-refractivity contribution in [3.63, 3.8) is 0 Å². The van der Waals surface area contributed by atoms with E-state index in [9.17, 15) is 9.59 Å². The van der Waals surface area contributed by atoms with Crippen LogP contribution in [0.3, 0.4) is 0 Å². The molecule has 2 aromatic rings. The van der Waals surface area contributed by atoms with Gasteiger partial charge in [0.25, 0.3) is 11.8 Å². The van der Waals surface area contributed by atoms with Crippen LogP contribution in [0.4, 0.5) is 11.4 Å². The SMILES string of the molecule is CC[C@H](C)NC(=O)c1cc(NC(=O)c2ccc(C(C)(C)C)cc2)ccc1N1CCCCC1. The summed E-state index contributed by atoms with van der Waals surface area (Å²) in [6.45, 7) is 12.4. The molecule has 0 aromatic heterocycles. The molecule has 2 amide bonds. The summed E-state index contributed by atoms with van der Waals surface area (Å²) in [6, 6.07) is 13.5. The highest BCUT2D eigenvalue weighted by atomic mass is 16.2. The third kappa shape index (κ3) is 5.90. The molecule has 172 valence electrons. The topological polar surface area (TPSA) is 61.4 Å². The number of anilines is 2. The molecule has 2 N–H and O–H groups in total. The van der Waals surface area contributed by atoms with Gasteiger partial charge in [0.1, 0.15) is 0 Å². The first-order valence-corrected chi connectivity index (χ1v) is 11.8. The van der Waals surface area contributed by atoms with E-state index in [-0.39, 0.29) is 23.3 Å². The highest BCUT2D eigenvalue weighted by Gasteiger charge is 2.21. The zero-order chi connectivity index (χ0) is 23.3. The maximum atomic E-state index is 13.1. The zero-order valence-corrected chi connectivity index (χ0v) is 20.1. The van der Waals surface area contributed by atoms with Crippen molar-refractivity contribution < 1.29 is 9.59 Å². The van der Waals surface area contributed by atoms with Crippen LogP contribution in [0, 0.1) is 0 Å². The molecule has 0 aliphatic carbocycles. The highest BCUT2D eigenvalue weighted by molar-refractivity contribution is 6.06. The highest BCUT2D eigenvalue weighted by Crippen LogP contribution is 2.28. The van der Waals surface area contributed by atoms with E-state index in [4.69, 9.17) is 0 Å².